The second-order valence-corrected chi connectivity index (χ2v) is 5.22. The van der Waals surface area contributed by atoms with Crippen molar-refractivity contribution < 1.29 is 0 Å². The molecule has 2 heteroatoms. The lowest BCUT2D eigenvalue weighted by molar-refractivity contribution is 0.354. The van der Waals surface area contributed by atoms with Gasteiger partial charge in [0.2, 0.25) is 0 Å². The van der Waals surface area contributed by atoms with Gasteiger partial charge in [-0.3, -0.25) is 0 Å². The summed E-state index contributed by atoms with van der Waals surface area (Å²) in [6, 6.07) is 6.41. The molecule has 2 rings (SSSR count). The van der Waals surface area contributed by atoms with Gasteiger partial charge in [-0.2, -0.15) is 0 Å². The largest absolute Gasteiger partial charge is 0.317 e. The highest BCUT2D eigenvalue weighted by molar-refractivity contribution is 6.31. The second kappa shape index (κ2) is 5.70. The highest BCUT2D eigenvalue weighted by Crippen LogP contribution is 2.21. The molecule has 0 spiro atoms. The van der Waals surface area contributed by atoms with Crippen LogP contribution in [-0.2, 0) is 6.42 Å². The lowest BCUT2D eigenvalue weighted by atomic mass is 9.91. The molecular formula is C14H20ClN. The van der Waals surface area contributed by atoms with Crippen LogP contribution in [0.2, 0.25) is 5.02 Å². The van der Waals surface area contributed by atoms with E-state index in [1.807, 2.05) is 6.07 Å². The van der Waals surface area contributed by atoms with Gasteiger partial charge in [-0.15, -0.1) is 0 Å². The van der Waals surface area contributed by atoms with E-state index >= 15 is 0 Å². The van der Waals surface area contributed by atoms with E-state index in [-0.39, 0.29) is 0 Å². The molecule has 1 nitrogen and oxygen atoms in total. The maximum Gasteiger partial charge on any atom is 0.0435 e. The number of benzene rings is 1. The molecule has 0 atom stereocenters. The summed E-state index contributed by atoms with van der Waals surface area (Å²) in [4.78, 5) is 0. The molecule has 1 heterocycles. The van der Waals surface area contributed by atoms with Crippen LogP contribution >= 0.6 is 11.6 Å². The highest BCUT2D eigenvalue weighted by atomic mass is 35.5. The van der Waals surface area contributed by atoms with E-state index < -0.39 is 0 Å². The lowest BCUT2D eigenvalue weighted by Gasteiger charge is -2.22. The average molecular weight is 238 g/mol. The number of hydrogen-bond donors (Lipinski definition) is 1. The first-order chi connectivity index (χ1) is 7.75. The van der Waals surface area contributed by atoms with E-state index in [9.17, 15) is 0 Å². The zero-order chi connectivity index (χ0) is 11.4. The SMILES string of the molecule is Cc1cc(CCC2CCNCC2)ccc1Cl. The molecule has 0 aliphatic carbocycles. The molecule has 1 aromatic rings. The summed E-state index contributed by atoms with van der Waals surface area (Å²) in [5.74, 6) is 0.914. The fourth-order valence-electron chi connectivity index (χ4n) is 2.40. The number of aryl methyl sites for hydroxylation is 2. The molecule has 0 amide bonds. The molecule has 16 heavy (non-hydrogen) atoms. The molecule has 1 aliphatic rings. The van der Waals surface area contributed by atoms with Crippen molar-refractivity contribution >= 4 is 11.6 Å². The maximum absolute atomic E-state index is 6.02. The minimum atomic E-state index is 0.880. The molecule has 1 saturated heterocycles. The smallest absolute Gasteiger partial charge is 0.0435 e. The van der Waals surface area contributed by atoms with Crippen molar-refractivity contribution in [3.8, 4) is 0 Å². The predicted molar refractivity (Wildman–Crippen MR) is 70.1 cm³/mol. The maximum atomic E-state index is 6.02. The molecule has 1 aromatic carbocycles. The Bertz CT molecular complexity index is 343. The van der Waals surface area contributed by atoms with Crippen LogP contribution in [0, 0.1) is 12.8 Å². The number of hydrogen-bond acceptors (Lipinski definition) is 1. The average Bonchev–Trinajstić information content (AvgIpc) is 2.32. The van der Waals surface area contributed by atoms with Crippen molar-refractivity contribution in [2.75, 3.05) is 13.1 Å². The van der Waals surface area contributed by atoms with Crippen molar-refractivity contribution in [3.05, 3.63) is 34.3 Å². The van der Waals surface area contributed by atoms with Crippen LogP contribution in [0.3, 0.4) is 0 Å². The topological polar surface area (TPSA) is 12.0 Å². The third-order valence-electron chi connectivity index (χ3n) is 3.52. The first-order valence-corrected chi connectivity index (χ1v) is 6.59. The van der Waals surface area contributed by atoms with E-state index in [1.165, 1.54) is 49.9 Å². The minimum absolute atomic E-state index is 0.880. The van der Waals surface area contributed by atoms with E-state index in [0.29, 0.717) is 0 Å². The van der Waals surface area contributed by atoms with Crippen molar-refractivity contribution in [1.82, 2.24) is 5.32 Å². The highest BCUT2D eigenvalue weighted by Gasteiger charge is 2.12. The molecule has 1 N–H and O–H groups in total. The molecule has 0 saturated carbocycles. The second-order valence-electron chi connectivity index (χ2n) is 4.82. The van der Waals surface area contributed by atoms with Crippen LogP contribution in [0.15, 0.2) is 18.2 Å². The molecule has 0 radical (unpaired) electrons. The van der Waals surface area contributed by atoms with Gasteiger partial charge >= 0.3 is 0 Å². The number of rotatable bonds is 3. The van der Waals surface area contributed by atoms with Crippen LogP contribution in [0.5, 0.6) is 0 Å². The normalized spacial score (nSPS) is 17.6. The summed E-state index contributed by atoms with van der Waals surface area (Å²) < 4.78 is 0. The predicted octanol–water partition coefficient (Wildman–Crippen LogP) is 3.58. The molecule has 1 fully saturated rings. The Labute approximate surface area is 103 Å². The summed E-state index contributed by atoms with van der Waals surface area (Å²) in [6.45, 7) is 4.48. The third kappa shape index (κ3) is 3.23. The summed E-state index contributed by atoms with van der Waals surface area (Å²) in [7, 11) is 0. The van der Waals surface area contributed by atoms with Crippen LogP contribution < -0.4 is 5.32 Å². The van der Waals surface area contributed by atoms with Gasteiger partial charge in [0.05, 0.1) is 0 Å². The van der Waals surface area contributed by atoms with Gasteiger partial charge in [-0.25, -0.2) is 0 Å². The van der Waals surface area contributed by atoms with Crippen LogP contribution in [-0.4, -0.2) is 13.1 Å². The number of halogens is 1. The summed E-state index contributed by atoms with van der Waals surface area (Å²) in [5, 5.41) is 4.29. The van der Waals surface area contributed by atoms with Gasteiger partial charge in [-0.1, -0.05) is 23.7 Å². The van der Waals surface area contributed by atoms with Crippen molar-refractivity contribution in [1.29, 1.82) is 0 Å². The van der Waals surface area contributed by atoms with Gasteiger partial charge in [0.1, 0.15) is 0 Å². The Hall–Kier alpha value is -0.530. The van der Waals surface area contributed by atoms with Gasteiger partial charge in [-0.05, 0) is 68.8 Å². The molecular weight excluding hydrogens is 218 g/mol. The fourth-order valence-corrected chi connectivity index (χ4v) is 2.52. The first kappa shape index (κ1) is 11.9. The quantitative estimate of drug-likeness (QED) is 0.848. The number of piperidine rings is 1. The molecule has 0 unspecified atom stereocenters. The Morgan fingerprint density at radius 1 is 1.31 bits per heavy atom. The third-order valence-corrected chi connectivity index (χ3v) is 3.95. The molecule has 0 bridgehead atoms. The van der Waals surface area contributed by atoms with Crippen LogP contribution in [0.1, 0.15) is 30.4 Å². The van der Waals surface area contributed by atoms with E-state index in [1.54, 1.807) is 0 Å². The summed E-state index contributed by atoms with van der Waals surface area (Å²) in [6.07, 6.45) is 5.20. The summed E-state index contributed by atoms with van der Waals surface area (Å²) >= 11 is 6.02. The lowest BCUT2D eigenvalue weighted by Crippen LogP contribution is -2.27. The van der Waals surface area contributed by atoms with Gasteiger partial charge in [0.15, 0.2) is 0 Å². The molecule has 0 aromatic heterocycles. The zero-order valence-electron chi connectivity index (χ0n) is 9.93. The molecule has 88 valence electrons. The Balaban J connectivity index is 1.86. The Kier molecular flexibility index (Phi) is 4.25. The van der Waals surface area contributed by atoms with Gasteiger partial charge < -0.3 is 5.32 Å². The van der Waals surface area contributed by atoms with Crippen molar-refractivity contribution in [2.45, 2.75) is 32.6 Å². The van der Waals surface area contributed by atoms with Gasteiger partial charge in [0.25, 0.3) is 0 Å². The Morgan fingerprint density at radius 2 is 2.06 bits per heavy atom. The van der Waals surface area contributed by atoms with Crippen LogP contribution in [0.4, 0.5) is 0 Å². The Morgan fingerprint density at radius 3 is 2.75 bits per heavy atom. The monoisotopic (exact) mass is 237 g/mol. The molecule has 1 aliphatic heterocycles. The van der Waals surface area contributed by atoms with Crippen molar-refractivity contribution in [2.24, 2.45) is 5.92 Å². The van der Waals surface area contributed by atoms with Gasteiger partial charge in [0, 0.05) is 5.02 Å². The standard InChI is InChI=1S/C14H20ClN/c1-11-10-13(4-5-14(11)15)3-2-12-6-8-16-9-7-12/h4-5,10,12,16H,2-3,6-9H2,1H3. The van der Waals surface area contributed by atoms with Crippen molar-refractivity contribution in [3.63, 3.8) is 0 Å². The van der Waals surface area contributed by atoms with E-state index in [2.05, 4.69) is 24.4 Å². The van der Waals surface area contributed by atoms with E-state index in [0.717, 1.165) is 10.9 Å². The number of nitrogens with one attached hydrogen (secondary N) is 1. The zero-order valence-corrected chi connectivity index (χ0v) is 10.7. The minimum Gasteiger partial charge on any atom is -0.317 e. The van der Waals surface area contributed by atoms with Crippen LogP contribution in [0.25, 0.3) is 0 Å². The van der Waals surface area contributed by atoms with E-state index in [4.69, 9.17) is 11.6 Å². The fraction of sp³-hybridized carbons (Fsp3) is 0.571. The summed E-state index contributed by atoms with van der Waals surface area (Å²) in [5.41, 5.74) is 2.63. The first-order valence-electron chi connectivity index (χ1n) is 6.21.